The van der Waals surface area contributed by atoms with Gasteiger partial charge in [0.25, 0.3) is 0 Å². The fraction of sp³-hybridized carbons (Fsp3) is 0.348. The number of hydrogen-bond donors (Lipinski definition) is 3. The van der Waals surface area contributed by atoms with Gasteiger partial charge < -0.3 is 15.6 Å². The number of aromatic nitrogens is 2. The third-order valence-electron chi connectivity index (χ3n) is 5.51. The number of benzene rings is 1. The topological polar surface area (TPSA) is 90.1 Å². The van der Waals surface area contributed by atoms with Crippen molar-refractivity contribution in [3.05, 3.63) is 65.7 Å². The molecule has 8 heteroatoms. The summed E-state index contributed by atoms with van der Waals surface area (Å²) in [6, 6.07) is 9.42. The standard InChI is InChI=1S/C23H28FN5O2/c1-4-29(3)15(2)22(30)28-14-20(17-6-5-7-19(24)11-17)23(31)27-13-16-10-18-8-9-25-21(18)26-12-16/h5-12,15,20H,4,13-14H2,1-3H3,(H,25,26)(H,27,31)(H,28,30)/t15-,20-/m0/s1. The second-order valence-corrected chi connectivity index (χ2v) is 7.58. The van der Waals surface area contributed by atoms with E-state index in [2.05, 4.69) is 20.6 Å². The van der Waals surface area contributed by atoms with Crippen LogP contribution in [0.3, 0.4) is 0 Å². The highest BCUT2D eigenvalue weighted by Gasteiger charge is 2.24. The number of pyridine rings is 1. The van der Waals surface area contributed by atoms with E-state index < -0.39 is 11.7 Å². The molecule has 2 aromatic heterocycles. The van der Waals surface area contributed by atoms with E-state index >= 15 is 0 Å². The highest BCUT2D eigenvalue weighted by Crippen LogP contribution is 2.18. The Morgan fingerprint density at radius 2 is 2.00 bits per heavy atom. The van der Waals surface area contributed by atoms with Crippen molar-refractivity contribution in [3.63, 3.8) is 0 Å². The van der Waals surface area contributed by atoms with Crippen molar-refractivity contribution in [2.24, 2.45) is 0 Å². The summed E-state index contributed by atoms with van der Waals surface area (Å²) in [6.45, 7) is 4.85. The van der Waals surface area contributed by atoms with Gasteiger partial charge >= 0.3 is 0 Å². The quantitative estimate of drug-likeness (QED) is 0.492. The second kappa shape index (κ2) is 10.2. The number of amides is 2. The Bertz CT molecular complexity index is 1050. The summed E-state index contributed by atoms with van der Waals surface area (Å²) < 4.78 is 13.8. The molecule has 3 N–H and O–H groups in total. The Kier molecular flexibility index (Phi) is 7.36. The van der Waals surface area contributed by atoms with E-state index in [4.69, 9.17) is 0 Å². The molecular weight excluding hydrogens is 397 g/mol. The third kappa shape index (κ3) is 5.67. The minimum absolute atomic E-state index is 0.0745. The van der Waals surface area contributed by atoms with Crippen LogP contribution in [0.2, 0.25) is 0 Å². The first-order valence-corrected chi connectivity index (χ1v) is 10.3. The first kappa shape index (κ1) is 22.4. The molecule has 0 bridgehead atoms. The number of nitrogens with one attached hydrogen (secondary N) is 3. The van der Waals surface area contributed by atoms with Crippen molar-refractivity contribution in [1.82, 2.24) is 25.5 Å². The molecule has 2 heterocycles. The summed E-state index contributed by atoms with van der Waals surface area (Å²) in [5.74, 6) is -1.62. The maximum absolute atomic E-state index is 13.8. The first-order chi connectivity index (χ1) is 14.9. The normalized spacial score (nSPS) is 13.2. The highest BCUT2D eigenvalue weighted by atomic mass is 19.1. The van der Waals surface area contributed by atoms with Gasteiger partial charge in [0, 0.05) is 30.9 Å². The fourth-order valence-electron chi connectivity index (χ4n) is 3.30. The summed E-state index contributed by atoms with van der Waals surface area (Å²) in [7, 11) is 1.86. The van der Waals surface area contributed by atoms with Gasteiger partial charge in [0.1, 0.15) is 11.5 Å². The Labute approximate surface area is 181 Å². The van der Waals surface area contributed by atoms with Crippen LogP contribution < -0.4 is 10.6 Å². The van der Waals surface area contributed by atoms with Gasteiger partial charge in [0.2, 0.25) is 11.8 Å². The zero-order valence-corrected chi connectivity index (χ0v) is 18.0. The molecular formula is C23H28FN5O2. The molecule has 0 spiro atoms. The van der Waals surface area contributed by atoms with Crippen LogP contribution in [0.5, 0.6) is 0 Å². The number of likely N-dealkylation sites (N-methyl/N-ethyl adjacent to an activating group) is 1. The van der Waals surface area contributed by atoms with E-state index in [0.29, 0.717) is 5.56 Å². The number of halogens is 1. The zero-order valence-electron chi connectivity index (χ0n) is 18.0. The predicted molar refractivity (Wildman–Crippen MR) is 118 cm³/mol. The Morgan fingerprint density at radius 1 is 1.19 bits per heavy atom. The van der Waals surface area contributed by atoms with Crippen LogP contribution in [-0.4, -0.2) is 52.9 Å². The number of fused-ring (bicyclic) bond motifs is 1. The lowest BCUT2D eigenvalue weighted by Gasteiger charge is -2.24. The monoisotopic (exact) mass is 425 g/mol. The lowest BCUT2D eigenvalue weighted by molar-refractivity contribution is -0.126. The van der Waals surface area contributed by atoms with E-state index in [1.165, 1.54) is 12.1 Å². The van der Waals surface area contributed by atoms with Crippen molar-refractivity contribution < 1.29 is 14.0 Å². The predicted octanol–water partition coefficient (Wildman–Crippen LogP) is 2.56. The number of nitrogens with zero attached hydrogens (tertiary/aromatic N) is 2. The molecule has 3 aromatic rings. The van der Waals surface area contributed by atoms with E-state index in [1.54, 1.807) is 31.5 Å². The van der Waals surface area contributed by atoms with Gasteiger partial charge in [0.15, 0.2) is 0 Å². The lowest BCUT2D eigenvalue weighted by atomic mass is 9.97. The van der Waals surface area contributed by atoms with Gasteiger partial charge in [-0.15, -0.1) is 0 Å². The molecule has 31 heavy (non-hydrogen) atoms. The smallest absolute Gasteiger partial charge is 0.237 e. The van der Waals surface area contributed by atoms with Gasteiger partial charge in [-0.05, 0) is 55.9 Å². The summed E-state index contributed by atoms with van der Waals surface area (Å²) in [5, 5.41) is 6.68. The molecule has 0 unspecified atom stereocenters. The zero-order chi connectivity index (χ0) is 22.4. The Morgan fingerprint density at radius 3 is 2.74 bits per heavy atom. The molecule has 0 aliphatic rings. The SMILES string of the molecule is CCN(C)[C@@H](C)C(=O)NC[C@H](C(=O)NCc1cnc2[nH]ccc2c1)c1cccc(F)c1. The van der Waals surface area contributed by atoms with Gasteiger partial charge in [-0.3, -0.25) is 14.5 Å². The van der Waals surface area contributed by atoms with Crippen molar-refractivity contribution in [2.45, 2.75) is 32.4 Å². The molecule has 0 saturated heterocycles. The van der Waals surface area contributed by atoms with Crippen LogP contribution in [0, 0.1) is 5.82 Å². The second-order valence-electron chi connectivity index (χ2n) is 7.58. The molecule has 7 nitrogen and oxygen atoms in total. The van der Waals surface area contributed by atoms with Gasteiger partial charge in [-0.1, -0.05) is 19.1 Å². The van der Waals surface area contributed by atoms with E-state index in [0.717, 1.165) is 23.1 Å². The molecule has 2 amide bonds. The highest BCUT2D eigenvalue weighted by molar-refractivity contribution is 5.86. The maximum Gasteiger partial charge on any atom is 0.237 e. The molecule has 0 saturated carbocycles. The molecule has 164 valence electrons. The van der Waals surface area contributed by atoms with Crippen molar-refractivity contribution in [3.8, 4) is 0 Å². The van der Waals surface area contributed by atoms with Gasteiger partial charge in [0.05, 0.1) is 12.0 Å². The molecule has 0 radical (unpaired) electrons. The van der Waals surface area contributed by atoms with E-state index in [9.17, 15) is 14.0 Å². The van der Waals surface area contributed by atoms with Crippen LogP contribution in [0.1, 0.15) is 30.9 Å². The average molecular weight is 426 g/mol. The Hall–Kier alpha value is -3.26. The number of carbonyl (C=O) groups is 2. The number of rotatable bonds is 9. The number of carbonyl (C=O) groups excluding carboxylic acids is 2. The van der Waals surface area contributed by atoms with Crippen molar-refractivity contribution >= 4 is 22.8 Å². The minimum Gasteiger partial charge on any atom is -0.354 e. The van der Waals surface area contributed by atoms with Crippen molar-refractivity contribution in [2.75, 3.05) is 20.1 Å². The maximum atomic E-state index is 13.8. The lowest BCUT2D eigenvalue weighted by Crippen LogP contribution is -2.45. The van der Waals surface area contributed by atoms with Gasteiger partial charge in [-0.2, -0.15) is 0 Å². The van der Waals surface area contributed by atoms with Crippen LogP contribution in [-0.2, 0) is 16.1 Å². The Balaban J connectivity index is 1.70. The average Bonchev–Trinajstić information content (AvgIpc) is 3.24. The largest absolute Gasteiger partial charge is 0.354 e. The van der Waals surface area contributed by atoms with E-state index in [1.807, 2.05) is 31.0 Å². The number of aromatic amines is 1. The van der Waals surface area contributed by atoms with E-state index in [-0.39, 0.29) is 30.9 Å². The van der Waals surface area contributed by atoms with Crippen LogP contribution in [0.25, 0.3) is 11.0 Å². The van der Waals surface area contributed by atoms with Crippen LogP contribution >= 0.6 is 0 Å². The van der Waals surface area contributed by atoms with Gasteiger partial charge in [-0.25, -0.2) is 9.37 Å². The summed E-state index contributed by atoms with van der Waals surface area (Å²) in [4.78, 5) is 34.7. The molecule has 3 rings (SSSR count). The number of hydrogen-bond acceptors (Lipinski definition) is 4. The first-order valence-electron chi connectivity index (χ1n) is 10.3. The molecule has 2 atom stereocenters. The minimum atomic E-state index is -0.720. The summed E-state index contributed by atoms with van der Waals surface area (Å²) in [5.41, 5.74) is 2.13. The van der Waals surface area contributed by atoms with Crippen LogP contribution in [0.4, 0.5) is 4.39 Å². The molecule has 0 aliphatic carbocycles. The molecule has 1 aromatic carbocycles. The summed E-state index contributed by atoms with van der Waals surface area (Å²) >= 11 is 0. The van der Waals surface area contributed by atoms with Crippen LogP contribution in [0.15, 0.2) is 48.8 Å². The summed E-state index contributed by atoms with van der Waals surface area (Å²) in [6.07, 6.45) is 3.50. The third-order valence-corrected chi connectivity index (χ3v) is 5.51. The molecule has 0 aliphatic heterocycles. The number of H-pyrrole nitrogens is 1. The fourth-order valence-corrected chi connectivity index (χ4v) is 3.30. The van der Waals surface area contributed by atoms with Crippen molar-refractivity contribution in [1.29, 1.82) is 0 Å². The molecule has 0 fully saturated rings.